The predicted octanol–water partition coefficient (Wildman–Crippen LogP) is 1.28. The number of nitrogens with two attached hydrogens (primary N) is 1. The maximum atomic E-state index is 12.1. The van der Waals surface area contributed by atoms with Gasteiger partial charge < -0.3 is 40.0 Å². The van der Waals surface area contributed by atoms with Gasteiger partial charge in [0.1, 0.15) is 31.5 Å². The van der Waals surface area contributed by atoms with Crippen LogP contribution in [0, 0.1) is 0 Å². The van der Waals surface area contributed by atoms with Crippen LogP contribution < -0.4 is 15.8 Å². The van der Waals surface area contributed by atoms with E-state index >= 15 is 0 Å². The number of carbonyl (C=O) groups excluding carboxylic acids is 2. The van der Waals surface area contributed by atoms with E-state index in [1.165, 1.54) is 6.07 Å². The zero-order chi connectivity index (χ0) is 28.6. The lowest BCUT2D eigenvalue weighted by molar-refractivity contribution is -0.147. The molecule has 0 saturated heterocycles. The van der Waals surface area contributed by atoms with Crippen LogP contribution in [0.3, 0.4) is 0 Å². The average Bonchev–Trinajstić information content (AvgIpc) is 2.88. The van der Waals surface area contributed by atoms with Gasteiger partial charge in [0.15, 0.2) is 0 Å². The Bertz CT molecular complexity index is 1050. The number of benzene rings is 1. The Hall–Kier alpha value is -3.52. The minimum atomic E-state index is -1.12. The molecule has 1 aromatic carbocycles. The fraction of sp³-hybridized carbons (Fsp3) is 0.480. The van der Waals surface area contributed by atoms with Crippen LogP contribution in [0.25, 0.3) is 0 Å². The van der Waals surface area contributed by atoms with E-state index < -0.39 is 18.4 Å². The standard InChI is InChI=1S/C25H34ClN5O8/c1-17(2)38-16-23(33)31(13-24(34)35)7-8-36-9-10-37-15-21(32)28-12-18-3-5-19(6-4-18)14-39-22-11-20(26)29-25(27)30-22/h3-6,11,17H,7-10,12-16H2,1-2H3,(H,28,32)(H,34,35)(H2,27,29,30). The molecule has 214 valence electrons. The molecule has 39 heavy (non-hydrogen) atoms. The van der Waals surface area contributed by atoms with Crippen LogP contribution in [0.5, 0.6) is 5.88 Å². The summed E-state index contributed by atoms with van der Waals surface area (Å²) in [4.78, 5) is 44.0. The second kappa shape index (κ2) is 17.1. The van der Waals surface area contributed by atoms with Gasteiger partial charge in [-0.15, -0.1) is 0 Å². The van der Waals surface area contributed by atoms with Gasteiger partial charge in [-0.05, 0) is 25.0 Å². The van der Waals surface area contributed by atoms with E-state index in [1.54, 1.807) is 13.8 Å². The largest absolute Gasteiger partial charge is 0.480 e. The van der Waals surface area contributed by atoms with E-state index in [0.717, 1.165) is 16.0 Å². The summed E-state index contributed by atoms with van der Waals surface area (Å²) in [7, 11) is 0. The van der Waals surface area contributed by atoms with Crippen LogP contribution in [-0.2, 0) is 41.7 Å². The van der Waals surface area contributed by atoms with Crippen LogP contribution in [0.15, 0.2) is 30.3 Å². The number of nitrogens with zero attached hydrogens (tertiary/aromatic N) is 3. The molecule has 0 atom stereocenters. The lowest BCUT2D eigenvalue weighted by atomic mass is 10.1. The number of anilines is 1. The Kier molecular flexibility index (Phi) is 13.9. The van der Waals surface area contributed by atoms with Crippen LogP contribution in [0.2, 0.25) is 5.15 Å². The summed E-state index contributed by atoms with van der Waals surface area (Å²) >= 11 is 5.83. The zero-order valence-corrected chi connectivity index (χ0v) is 22.7. The van der Waals surface area contributed by atoms with Crippen molar-refractivity contribution in [3.05, 3.63) is 46.6 Å². The Morgan fingerprint density at radius 1 is 1.05 bits per heavy atom. The number of halogens is 1. The van der Waals surface area contributed by atoms with Crippen molar-refractivity contribution in [3.8, 4) is 5.88 Å². The summed E-state index contributed by atoms with van der Waals surface area (Å²) in [5, 5.41) is 11.9. The normalized spacial score (nSPS) is 10.9. The second-order valence-electron chi connectivity index (χ2n) is 8.50. The highest BCUT2D eigenvalue weighted by molar-refractivity contribution is 6.29. The van der Waals surface area contributed by atoms with Gasteiger partial charge in [0.05, 0.1) is 25.9 Å². The Labute approximate surface area is 231 Å². The van der Waals surface area contributed by atoms with Gasteiger partial charge in [-0.25, -0.2) is 4.98 Å². The van der Waals surface area contributed by atoms with E-state index in [0.29, 0.717) is 6.54 Å². The second-order valence-corrected chi connectivity index (χ2v) is 8.89. The number of hydrogen-bond acceptors (Lipinski definition) is 10. The number of nitrogen functional groups attached to an aromatic ring is 1. The first-order valence-electron chi connectivity index (χ1n) is 12.2. The van der Waals surface area contributed by atoms with Crippen LogP contribution >= 0.6 is 11.6 Å². The SMILES string of the molecule is CC(C)OCC(=O)N(CCOCCOCC(=O)NCc1ccc(COc2cc(Cl)nc(N)n2)cc1)CC(=O)O. The summed E-state index contributed by atoms with van der Waals surface area (Å²) in [6.07, 6.45) is -0.143. The average molecular weight is 568 g/mol. The number of hydrogen-bond donors (Lipinski definition) is 3. The molecule has 1 aromatic heterocycles. The monoisotopic (exact) mass is 567 g/mol. The third-order valence-corrected chi connectivity index (χ3v) is 5.11. The summed E-state index contributed by atoms with van der Waals surface area (Å²) in [6.45, 7) is 3.94. The van der Waals surface area contributed by atoms with Crippen molar-refractivity contribution >= 4 is 35.3 Å². The molecule has 13 nitrogen and oxygen atoms in total. The highest BCUT2D eigenvalue weighted by atomic mass is 35.5. The van der Waals surface area contributed by atoms with Gasteiger partial charge in [0, 0.05) is 19.2 Å². The predicted molar refractivity (Wildman–Crippen MR) is 141 cm³/mol. The Morgan fingerprint density at radius 3 is 2.41 bits per heavy atom. The minimum Gasteiger partial charge on any atom is -0.480 e. The molecule has 0 radical (unpaired) electrons. The highest BCUT2D eigenvalue weighted by Gasteiger charge is 2.17. The summed E-state index contributed by atoms with van der Waals surface area (Å²) < 4.78 is 21.5. The van der Waals surface area contributed by atoms with Crippen LogP contribution in [-0.4, -0.2) is 90.0 Å². The number of rotatable bonds is 18. The number of carbonyl (C=O) groups is 3. The maximum Gasteiger partial charge on any atom is 0.323 e. The quantitative estimate of drug-likeness (QED) is 0.175. The number of ether oxygens (including phenoxy) is 4. The first-order chi connectivity index (χ1) is 18.6. The third kappa shape index (κ3) is 13.7. The summed E-state index contributed by atoms with van der Waals surface area (Å²) in [5.74, 6) is -1.53. The van der Waals surface area contributed by atoms with Crippen molar-refractivity contribution < 1.29 is 38.4 Å². The van der Waals surface area contributed by atoms with Crippen molar-refractivity contribution in [1.29, 1.82) is 0 Å². The smallest absolute Gasteiger partial charge is 0.323 e. The van der Waals surface area contributed by atoms with Gasteiger partial charge >= 0.3 is 5.97 Å². The molecule has 0 aliphatic carbocycles. The summed E-state index contributed by atoms with van der Waals surface area (Å²) in [6, 6.07) is 8.93. The molecule has 2 rings (SSSR count). The van der Waals surface area contributed by atoms with Gasteiger partial charge in [-0.2, -0.15) is 4.98 Å². The van der Waals surface area contributed by atoms with Crippen molar-refractivity contribution in [2.75, 3.05) is 51.9 Å². The number of aliphatic carboxylic acids is 1. The minimum absolute atomic E-state index is 0.0286. The molecular formula is C25H34ClN5O8. The molecule has 0 aliphatic heterocycles. The number of carboxylic acid groups (broad SMARTS) is 1. The number of amides is 2. The zero-order valence-electron chi connectivity index (χ0n) is 21.9. The van der Waals surface area contributed by atoms with E-state index in [-0.39, 0.29) is 75.2 Å². The highest BCUT2D eigenvalue weighted by Crippen LogP contribution is 2.16. The van der Waals surface area contributed by atoms with Gasteiger partial charge in [0.2, 0.25) is 23.6 Å². The molecular weight excluding hydrogens is 534 g/mol. The molecule has 0 fully saturated rings. The first kappa shape index (κ1) is 31.7. The molecule has 0 saturated carbocycles. The molecule has 2 amide bonds. The third-order valence-electron chi connectivity index (χ3n) is 4.92. The lowest BCUT2D eigenvalue weighted by Crippen LogP contribution is -2.40. The van der Waals surface area contributed by atoms with E-state index in [2.05, 4.69) is 15.3 Å². The molecule has 4 N–H and O–H groups in total. The van der Waals surface area contributed by atoms with E-state index in [9.17, 15) is 14.4 Å². The number of carboxylic acids is 1. The summed E-state index contributed by atoms with van der Waals surface area (Å²) in [5.41, 5.74) is 7.33. The van der Waals surface area contributed by atoms with Crippen molar-refractivity contribution in [3.63, 3.8) is 0 Å². The van der Waals surface area contributed by atoms with Gasteiger partial charge in [-0.1, -0.05) is 35.9 Å². The maximum absolute atomic E-state index is 12.1. The molecule has 0 spiro atoms. The van der Waals surface area contributed by atoms with Crippen LogP contribution in [0.4, 0.5) is 5.95 Å². The van der Waals surface area contributed by atoms with Crippen molar-refractivity contribution in [2.24, 2.45) is 0 Å². The van der Waals surface area contributed by atoms with E-state index in [1.807, 2.05) is 24.3 Å². The first-order valence-corrected chi connectivity index (χ1v) is 12.5. The number of nitrogens with one attached hydrogen (secondary N) is 1. The van der Waals surface area contributed by atoms with E-state index in [4.69, 9.17) is 41.4 Å². The van der Waals surface area contributed by atoms with Crippen molar-refractivity contribution in [2.45, 2.75) is 33.1 Å². The molecule has 0 aliphatic rings. The van der Waals surface area contributed by atoms with Crippen molar-refractivity contribution in [1.82, 2.24) is 20.2 Å². The molecule has 14 heteroatoms. The van der Waals surface area contributed by atoms with Gasteiger partial charge in [-0.3, -0.25) is 14.4 Å². The fourth-order valence-electron chi connectivity index (χ4n) is 2.99. The molecule has 2 aromatic rings. The molecule has 0 bridgehead atoms. The lowest BCUT2D eigenvalue weighted by Gasteiger charge is -2.21. The number of aromatic nitrogens is 2. The fourth-order valence-corrected chi connectivity index (χ4v) is 3.17. The van der Waals surface area contributed by atoms with Gasteiger partial charge in [0.25, 0.3) is 0 Å². The van der Waals surface area contributed by atoms with Crippen LogP contribution in [0.1, 0.15) is 25.0 Å². The molecule has 0 unspecified atom stereocenters. The Balaban J connectivity index is 1.58. The topological polar surface area (TPSA) is 175 Å². The molecule has 1 heterocycles. The Morgan fingerprint density at radius 2 is 1.74 bits per heavy atom.